The lowest BCUT2D eigenvalue weighted by Gasteiger charge is -2.13. The molecule has 0 unspecified atom stereocenters. The first kappa shape index (κ1) is 16.9. The summed E-state index contributed by atoms with van der Waals surface area (Å²) < 4.78 is 15.2. The maximum Gasteiger partial charge on any atom is 0.327 e. The van der Waals surface area contributed by atoms with E-state index in [0.29, 0.717) is 36.8 Å². The highest BCUT2D eigenvalue weighted by atomic mass is 35.5. The van der Waals surface area contributed by atoms with Gasteiger partial charge in [-0.2, -0.15) is 0 Å². The zero-order valence-electron chi connectivity index (χ0n) is 11.5. The number of ether oxygens (including phenoxy) is 3. The van der Waals surface area contributed by atoms with Crippen molar-refractivity contribution in [1.82, 2.24) is 0 Å². The van der Waals surface area contributed by atoms with Crippen LogP contribution in [0.25, 0.3) is 0 Å². The number of carbonyl (C=O) groups is 1. The molecule has 6 heteroatoms. The second-order valence-electron chi connectivity index (χ2n) is 4.13. The topological polar surface area (TPSA) is 70.8 Å². The van der Waals surface area contributed by atoms with Crippen molar-refractivity contribution in [2.24, 2.45) is 5.73 Å². The number of carbonyl (C=O) groups excluding carboxylic acids is 1. The lowest BCUT2D eigenvalue weighted by molar-refractivity contribution is -0.145. The molecule has 0 aliphatic heterocycles. The minimum atomic E-state index is -0.863. The van der Waals surface area contributed by atoms with Crippen LogP contribution in [0, 0.1) is 0 Å². The highest BCUT2D eigenvalue weighted by Gasteiger charge is 2.19. The fourth-order valence-corrected chi connectivity index (χ4v) is 1.78. The van der Waals surface area contributed by atoms with Gasteiger partial charge in [0.15, 0.2) is 0 Å². The zero-order valence-corrected chi connectivity index (χ0v) is 12.3. The van der Waals surface area contributed by atoms with Crippen molar-refractivity contribution in [2.75, 3.05) is 33.5 Å². The Morgan fingerprint density at radius 2 is 2.00 bits per heavy atom. The number of rotatable bonds is 9. The van der Waals surface area contributed by atoms with E-state index in [9.17, 15) is 4.79 Å². The fraction of sp³-hybridized carbons (Fsp3) is 0.500. The average Bonchev–Trinajstić information content (AvgIpc) is 2.46. The molecule has 2 N–H and O–H groups in total. The predicted octanol–water partition coefficient (Wildman–Crippen LogP) is 1.94. The van der Waals surface area contributed by atoms with Gasteiger partial charge in [0, 0.05) is 25.2 Å². The number of esters is 1. The summed E-state index contributed by atoms with van der Waals surface area (Å²) in [5.41, 5.74) is 6.38. The molecule has 0 fully saturated rings. The van der Waals surface area contributed by atoms with E-state index in [1.165, 1.54) is 0 Å². The first-order valence-electron chi connectivity index (χ1n) is 6.40. The molecule has 1 aromatic carbocycles. The molecule has 20 heavy (non-hydrogen) atoms. The number of halogens is 1. The van der Waals surface area contributed by atoms with Gasteiger partial charge in [0.1, 0.15) is 6.04 Å². The molecule has 0 aliphatic carbocycles. The number of nitrogens with two attached hydrogens (primary N) is 1. The van der Waals surface area contributed by atoms with Crippen LogP contribution < -0.4 is 5.73 Å². The number of methoxy groups -OCH3 is 1. The first-order valence-corrected chi connectivity index (χ1v) is 6.78. The van der Waals surface area contributed by atoms with Crippen LogP contribution in [0.4, 0.5) is 0 Å². The highest BCUT2D eigenvalue weighted by molar-refractivity contribution is 6.31. The van der Waals surface area contributed by atoms with Crippen molar-refractivity contribution in [3.8, 4) is 0 Å². The smallest absolute Gasteiger partial charge is 0.327 e. The standard InChI is InChI=1S/C14H20ClNO4/c1-18-9-10-19-7-4-8-20-14(17)13(16)11-5-2-3-6-12(11)15/h2-3,5-6,13H,4,7-10,16H2,1H3/t13-/m1/s1. The molecule has 112 valence electrons. The van der Waals surface area contributed by atoms with Gasteiger partial charge in [-0.1, -0.05) is 29.8 Å². The van der Waals surface area contributed by atoms with E-state index in [0.717, 1.165) is 0 Å². The van der Waals surface area contributed by atoms with E-state index in [-0.39, 0.29) is 6.61 Å². The third kappa shape index (κ3) is 5.88. The molecule has 0 heterocycles. The van der Waals surface area contributed by atoms with Gasteiger partial charge in [0.2, 0.25) is 0 Å². The van der Waals surface area contributed by atoms with Gasteiger partial charge in [-0.15, -0.1) is 0 Å². The van der Waals surface area contributed by atoms with Crippen LogP contribution in [-0.4, -0.2) is 39.5 Å². The van der Waals surface area contributed by atoms with E-state index in [2.05, 4.69) is 0 Å². The van der Waals surface area contributed by atoms with Crippen molar-refractivity contribution in [2.45, 2.75) is 12.5 Å². The van der Waals surface area contributed by atoms with Crippen LogP contribution in [-0.2, 0) is 19.0 Å². The highest BCUT2D eigenvalue weighted by Crippen LogP contribution is 2.21. The number of hydrogen-bond donors (Lipinski definition) is 1. The molecular weight excluding hydrogens is 282 g/mol. The van der Waals surface area contributed by atoms with Gasteiger partial charge < -0.3 is 19.9 Å². The molecule has 0 saturated carbocycles. The van der Waals surface area contributed by atoms with Gasteiger partial charge in [0.25, 0.3) is 0 Å². The molecule has 0 saturated heterocycles. The molecule has 1 aromatic rings. The summed E-state index contributed by atoms with van der Waals surface area (Å²) in [5, 5.41) is 0.458. The van der Waals surface area contributed by atoms with Gasteiger partial charge >= 0.3 is 5.97 Å². The Morgan fingerprint density at radius 3 is 2.70 bits per heavy atom. The average molecular weight is 302 g/mol. The molecule has 0 aliphatic rings. The molecule has 0 amide bonds. The summed E-state index contributed by atoms with van der Waals surface area (Å²) in [7, 11) is 1.61. The monoisotopic (exact) mass is 301 g/mol. The first-order chi connectivity index (χ1) is 9.66. The Bertz CT molecular complexity index is 414. The zero-order chi connectivity index (χ0) is 14.8. The van der Waals surface area contributed by atoms with Crippen LogP contribution in [0.1, 0.15) is 18.0 Å². The Labute approximate surface area is 123 Å². The summed E-state index contributed by atoms with van der Waals surface area (Å²) in [6, 6.07) is 6.09. The van der Waals surface area contributed by atoms with Crippen molar-refractivity contribution >= 4 is 17.6 Å². The van der Waals surface area contributed by atoms with E-state index in [1.54, 1.807) is 31.4 Å². The van der Waals surface area contributed by atoms with Crippen LogP contribution >= 0.6 is 11.6 Å². The third-order valence-corrected chi connectivity index (χ3v) is 2.95. The number of hydrogen-bond acceptors (Lipinski definition) is 5. The van der Waals surface area contributed by atoms with Crippen LogP contribution in [0.15, 0.2) is 24.3 Å². The lowest BCUT2D eigenvalue weighted by atomic mass is 10.1. The van der Waals surface area contributed by atoms with Gasteiger partial charge in [-0.05, 0) is 11.6 Å². The Hall–Kier alpha value is -1.14. The summed E-state index contributed by atoms with van der Waals surface area (Å²) in [5.74, 6) is -0.491. The van der Waals surface area contributed by atoms with Crippen molar-refractivity contribution in [3.63, 3.8) is 0 Å². The molecule has 0 bridgehead atoms. The van der Waals surface area contributed by atoms with Gasteiger partial charge in [-0.3, -0.25) is 0 Å². The fourth-order valence-electron chi connectivity index (χ4n) is 1.52. The Balaban J connectivity index is 2.24. The largest absolute Gasteiger partial charge is 0.464 e. The van der Waals surface area contributed by atoms with Crippen molar-refractivity contribution < 1.29 is 19.0 Å². The van der Waals surface area contributed by atoms with E-state index in [4.69, 9.17) is 31.5 Å². The summed E-state index contributed by atoms with van der Waals surface area (Å²) in [6.45, 7) is 1.86. The van der Waals surface area contributed by atoms with Gasteiger partial charge in [-0.25, -0.2) is 4.79 Å². The SMILES string of the molecule is COCCOCCCOC(=O)[C@H](N)c1ccccc1Cl. The summed E-state index contributed by atoms with van der Waals surface area (Å²) >= 11 is 5.98. The minimum absolute atomic E-state index is 0.268. The maximum atomic E-state index is 11.8. The molecule has 1 atom stereocenters. The van der Waals surface area contributed by atoms with E-state index >= 15 is 0 Å². The van der Waals surface area contributed by atoms with Crippen LogP contribution in [0.5, 0.6) is 0 Å². The lowest BCUT2D eigenvalue weighted by Crippen LogP contribution is -2.24. The van der Waals surface area contributed by atoms with Crippen molar-refractivity contribution in [3.05, 3.63) is 34.9 Å². The van der Waals surface area contributed by atoms with Crippen LogP contribution in [0.3, 0.4) is 0 Å². The third-order valence-electron chi connectivity index (χ3n) is 2.60. The summed E-state index contributed by atoms with van der Waals surface area (Å²) in [6.07, 6.45) is 0.616. The number of benzene rings is 1. The second-order valence-corrected chi connectivity index (χ2v) is 4.53. The predicted molar refractivity (Wildman–Crippen MR) is 76.7 cm³/mol. The molecule has 0 spiro atoms. The molecule has 5 nitrogen and oxygen atoms in total. The van der Waals surface area contributed by atoms with E-state index < -0.39 is 12.0 Å². The second kappa shape index (κ2) is 9.72. The summed E-state index contributed by atoms with van der Waals surface area (Å²) in [4.78, 5) is 11.8. The normalized spacial score (nSPS) is 12.2. The molecular formula is C14H20ClNO4. The maximum absolute atomic E-state index is 11.8. The quantitative estimate of drug-likeness (QED) is 0.557. The minimum Gasteiger partial charge on any atom is -0.464 e. The Morgan fingerprint density at radius 1 is 1.25 bits per heavy atom. The molecule has 1 rings (SSSR count). The Kier molecular flexibility index (Phi) is 8.22. The van der Waals surface area contributed by atoms with Gasteiger partial charge in [0.05, 0.1) is 19.8 Å². The van der Waals surface area contributed by atoms with Crippen molar-refractivity contribution in [1.29, 1.82) is 0 Å². The van der Waals surface area contributed by atoms with Crippen LogP contribution in [0.2, 0.25) is 5.02 Å². The van der Waals surface area contributed by atoms with E-state index in [1.807, 2.05) is 0 Å². The molecule has 0 aromatic heterocycles. The molecule has 0 radical (unpaired) electrons.